The molecule has 0 spiro atoms. The molecule has 4 heterocycles. The molecule has 2 aromatic rings. The number of thiazole rings is 1. The van der Waals surface area contributed by atoms with Crippen molar-refractivity contribution in [3.63, 3.8) is 0 Å². The first kappa shape index (κ1) is 15.6. The summed E-state index contributed by atoms with van der Waals surface area (Å²) < 4.78 is 11.7. The van der Waals surface area contributed by atoms with E-state index in [1.54, 1.807) is 17.5 Å². The molecule has 0 N–H and O–H groups in total. The number of likely N-dealkylation sites (tertiary alicyclic amines) is 1. The van der Waals surface area contributed by atoms with Crippen molar-refractivity contribution in [3.8, 4) is 0 Å². The normalized spacial score (nSPS) is 25.9. The van der Waals surface area contributed by atoms with E-state index in [1.807, 2.05) is 17.2 Å². The lowest BCUT2D eigenvalue weighted by atomic mass is 10.0. The maximum atomic E-state index is 12.7. The van der Waals surface area contributed by atoms with Crippen molar-refractivity contribution in [1.29, 1.82) is 0 Å². The van der Waals surface area contributed by atoms with Gasteiger partial charge in [-0.2, -0.15) is 0 Å². The van der Waals surface area contributed by atoms with E-state index in [0.29, 0.717) is 32.1 Å². The molecule has 0 aliphatic carbocycles. The Balaban J connectivity index is 1.46. The summed E-state index contributed by atoms with van der Waals surface area (Å²) in [6.07, 6.45) is 4.55. The summed E-state index contributed by atoms with van der Waals surface area (Å²) in [6.45, 7) is 4.16. The van der Waals surface area contributed by atoms with Gasteiger partial charge in [0.1, 0.15) is 5.69 Å². The van der Waals surface area contributed by atoms with Gasteiger partial charge in [0.15, 0.2) is 0 Å². The molecule has 7 nitrogen and oxygen atoms in total. The molecular formula is C16H18N4O3S. The van der Waals surface area contributed by atoms with E-state index < -0.39 is 0 Å². The lowest BCUT2D eigenvalue weighted by molar-refractivity contribution is 0.00811. The number of aromatic nitrogens is 3. The average molecular weight is 346 g/mol. The number of hydrogen-bond acceptors (Lipinski definition) is 7. The zero-order valence-electron chi connectivity index (χ0n) is 13.3. The topological polar surface area (TPSA) is 77.4 Å². The van der Waals surface area contributed by atoms with Crippen LogP contribution in [0.2, 0.25) is 0 Å². The zero-order chi connectivity index (χ0) is 16.5. The summed E-state index contributed by atoms with van der Waals surface area (Å²) in [7, 11) is 0. The van der Waals surface area contributed by atoms with Crippen LogP contribution in [0.15, 0.2) is 24.0 Å². The van der Waals surface area contributed by atoms with Crippen LogP contribution in [0.3, 0.4) is 0 Å². The molecule has 0 bridgehead atoms. The third-order valence-corrected chi connectivity index (χ3v) is 5.32. The largest absolute Gasteiger partial charge is 0.379 e. The van der Waals surface area contributed by atoms with Crippen molar-refractivity contribution in [1.82, 2.24) is 19.9 Å². The summed E-state index contributed by atoms with van der Waals surface area (Å²) in [6, 6.07) is 0.0432. The van der Waals surface area contributed by atoms with Gasteiger partial charge >= 0.3 is 0 Å². The Hall–Kier alpha value is -1.90. The number of nitrogens with zero attached hydrogens (tertiary/aromatic N) is 4. The van der Waals surface area contributed by atoms with Gasteiger partial charge in [0, 0.05) is 30.2 Å². The molecule has 0 aromatic carbocycles. The highest BCUT2D eigenvalue weighted by molar-refractivity contribution is 7.09. The SMILES string of the molecule is Cc1nc(CO[C@@H]2CN(C(=O)c3cnccn3)[C@H]3COC[C@@H]23)cs1. The molecule has 0 saturated carbocycles. The number of amides is 1. The van der Waals surface area contributed by atoms with Crippen molar-refractivity contribution >= 4 is 17.2 Å². The third-order valence-electron chi connectivity index (χ3n) is 4.50. The molecule has 126 valence electrons. The van der Waals surface area contributed by atoms with Gasteiger partial charge < -0.3 is 14.4 Å². The molecule has 24 heavy (non-hydrogen) atoms. The number of ether oxygens (including phenoxy) is 2. The van der Waals surface area contributed by atoms with Crippen LogP contribution in [0.4, 0.5) is 0 Å². The lowest BCUT2D eigenvalue weighted by Crippen LogP contribution is -2.38. The quantitative estimate of drug-likeness (QED) is 0.830. The van der Waals surface area contributed by atoms with Crippen molar-refractivity contribution in [3.05, 3.63) is 40.4 Å². The predicted molar refractivity (Wildman–Crippen MR) is 86.6 cm³/mol. The van der Waals surface area contributed by atoms with Crippen LogP contribution in [0.5, 0.6) is 0 Å². The fourth-order valence-corrected chi connectivity index (χ4v) is 3.93. The summed E-state index contributed by atoms with van der Waals surface area (Å²) in [4.78, 5) is 27.1. The van der Waals surface area contributed by atoms with Crippen LogP contribution >= 0.6 is 11.3 Å². The molecule has 2 aromatic heterocycles. The fraction of sp³-hybridized carbons (Fsp3) is 0.500. The van der Waals surface area contributed by atoms with Gasteiger partial charge in [0.25, 0.3) is 5.91 Å². The van der Waals surface area contributed by atoms with Crippen LogP contribution in [0.1, 0.15) is 21.2 Å². The summed E-state index contributed by atoms with van der Waals surface area (Å²) in [5.41, 5.74) is 1.30. The molecule has 0 radical (unpaired) electrons. The van der Waals surface area contributed by atoms with Gasteiger partial charge in [-0.3, -0.25) is 9.78 Å². The van der Waals surface area contributed by atoms with Crippen LogP contribution < -0.4 is 0 Å². The zero-order valence-corrected chi connectivity index (χ0v) is 14.1. The molecule has 0 unspecified atom stereocenters. The molecule has 4 rings (SSSR count). The number of aryl methyl sites for hydroxylation is 1. The van der Waals surface area contributed by atoms with Crippen LogP contribution in [-0.2, 0) is 16.1 Å². The highest BCUT2D eigenvalue weighted by Gasteiger charge is 2.48. The monoisotopic (exact) mass is 346 g/mol. The minimum Gasteiger partial charge on any atom is -0.379 e. The Morgan fingerprint density at radius 2 is 2.38 bits per heavy atom. The Morgan fingerprint density at radius 3 is 3.12 bits per heavy atom. The first-order valence-corrected chi connectivity index (χ1v) is 8.77. The number of carbonyl (C=O) groups excluding carboxylic acids is 1. The molecular weight excluding hydrogens is 328 g/mol. The lowest BCUT2D eigenvalue weighted by Gasteiger charge is -2.21. The minimum absolute atomic E-state index is 0.0415. The molecule has 8 heteroatoms. The summed E-state index contributed by atoms with van der Waals surface area (Å²) >= 11 is 1.61. The fourth-order valence-electron chi connectivity index (χ4n) is 3.33. The van der Waals surface area contributed by atoms with Gasteiger partial charge in [-0.05, 0) is 6.92 Å². The predicted octanol–water partition coefficient (Wildman–Crippen LogP) is 1.30. The highest BCUT2D eigenvalue weighted by Crippen LogP contribution is 2.33. The number of hydrogen-bond donors (Lipinski definition) is 0. The second-order valence-electron chi connectivity index (χ2n) is 6.02. The van der Waals surface area contributed by atoms with Crippen molar-refractivity contribution in [2.24, 2.45) is 5.92 Å². The molecule has 2 aliphatic rings. The second-order valence-corrected chi connectivity index (χ2v) is 7.09. The first-order valence-electron chi connectivity index (χ1n) is 7.89. The maximum absolute atomic E-state index is 12.7. The van der Waals surface area contributed by atoms with E-state index in [1.165, 1.54) is 12.4 Å². The average Bonchev–Trinajstić information content (AvgIpc) is 3.30. The molecule has 2 fully saturated rings. The minimum atomic E-state index is -0.112. The van der Waals surface area contributed by atoms with Gasteiger partial charge in [-0.25, -0.2) is 9.97 Å². The number of fused-ring (bicyclic) bond motifs is 1. The van der Waals surface area contributed by atoms with E-state index in [9.17, 15) is 4.79 Å². The van der Waals surface area contributed by atoms with Crippen LogP contribution in [0, 0.1) is 12.8 Å². The number of carbonyl (C=O) groups is 1. The van der Waals surface area contributed by atoms with Gasteiger partial charge in [-0.1, -0.05) is 0 Å². The van der Waals surface area contributed by atoms with Crippen molar-refractivity contribution in [2.45, 2.75) is 25.7 Å². The molecule has 1 amide bonds. The van der Waals surface area contributed by atoms with E-state index >= 15 is 0 Å². The van der Waals surface area contributed by atoms with Crippen molar-refractivity contribution in [2.75, 3.05) is 19.8 Å². The van der Waals surface area contributed by atoms with Crippen LogP contribution in [0.25, 0.3) is 0 Å². The van der Waals surface area contributed by atoms with Crippen LogP contribution in [-0.4, -0.2) is 57.7 Å². The van der Waals surface area contributed by atoms with Crippen molar-refractivity contribution < 1.29 is 14.3 Å². The standard InChI is InChI=1S/C16H18N4O3S/c1-10-19-11(9-24-10)6-23-15-5-20(14-8-22-7-12(14)15)16(21)13-4-17-2-3-18-13/h2-4,9,12,14-15H,5-8H2,1H3/t12-,14+,15-/m1/s1. The Bertz CT molecular complexity index is 723. The van der Waals surface area contributed by atoms with E-state index in [-0.39, 0.29) is 24.0 Å². The third kappa shape index (κ3) is 2.92. The van der Waals surface area contributed by atoms with E-state index in [4.69, 9.17) is 9.47 Å². The van der Waals surface area contributed by atoms with E-state index in [2.05, 4.69) is 15.0 Å². The first-order chi connectivity index (χ1) is 11.7. The maximum Gasteiger partial charge on any atom is 0.274 e. The van der Waals surface area contributed by atoms with Gasteiger partial charge in [0.2, 0.25) is 0 Å². The molecule has 2 aliphatic heterocycles. The summed E-state index contributed by atoms with van der Waals surface area (Å²) in [5.74, 6) is 0.0876. The Morgan fingerprint density at radius 1 is 1.46 bits per heavy atom. The van der Waals surface area contributed by atoms with E-state index in [0.717, 1.165) is 10.7 Å². The highest BCUT2D eigenvalue weighted by atomic mass is 32.1. The van der Waals surface area contributed by atoms with Gasteiger partial charge in [-0.15, -0.1) is 11.3 Å². The Kier molecular flexibility index (Phi) is 4.26. The Labute approximate surface area is 143 Å². The smallest absolute Gasteiger partial charge is 0.274 e. The number of rotatable bonds is 4. The molecule has 2 saturated heterocycles. The van der Waals surface area contributed by atoms with Gasteiger partial charge in [0.05, 0.1) is 48.9 Å². The second kappa shape index (κ2) is 6.54. The summed E-state index contributed by atoms with van der Waals surface area (Å²) in [5, 5.41) is 3.04. The molecule has 3 atom stereocenters.